The summed E-state index contributed by atoms with van der Waals surface area (Å²) in [6.45, 7) is 18.2. The molecule has 0 saturated carbocycles. The molecule has 572 valence electrons. The molecule has 0 aliphatic rings. The first-order valence-corrected chi connectivity index (χ1v) is 42.5. The Morgan fingerprint density at radius 1 is 0.350 bits per heavy atom. The van der Waals surface area contributed by atoms with E-state index < -0.39 is 43.4 Å². The van der Waals surface area contributed by atoms with Crippen LogP contribution < -0.4 is 31.8 Å². The Kier molecular flexibility index (Phi) is 34.6. The molecule has 0 amide bonds. The van der Waals surface area contributed by atoms with Crippen LogP contribution in [0.3, 0.4) is 0 Å². The number of carbonyl (C=O) groups is 2. The van der Waals surface area contributed by atoms with Gasteiger partial charge in [-0.3, -0.25) is 9.59 Å². The SMILES string of the molecule is CCC(C)(C)C(=O)OCCOCCOC.CCCC[N+](C)(C)CCOC(=O)C(C)(C)CC.F[P-](F)(F)(F)(F)F.F[P-](F)(F)(F)(F)F.F[P-](F)(F)(F)(F)F.c1ccc([P+](CCCCCCCCC[P+](c2ccccc2)(c2ccccc2)c2ccccc2)(c2ccccc2)c2ccccc2)cc1. The van der Waals surface area contributed by atoms with Crippen LogP contribution in [-0.4, -0.2) is 96.1 Å². The fourth-order valence-corrected chi connectivity index (χ4v) is 18.4. The number of rotatable bonds is 32. The normalized spacial score (nSPS) is 14.2. The van der Waals surface area contributed by atoms with Crippen molar-refractivity contribution in [2.24, 2.45) is 10.8 Å². The Morgan fingerprint density at radius 2 is 0.580 bits per heavy atom. The number of hydrogen-bond donors (Lipinski definition) is 0. The van der Waals surface area contributed by atoms with Gasteiger partial charge in [-0.25, -0.2) is 0 Å². The third-order valence-corrected chi connectivity index (χ3v) is 24.5. The van der Waals surface area contributed by atoms with Gasteiger partial charge in [0.2, 0.25) is 0 Å². The predicted molar refractivity (Wildman–Crippen MR) is 383 cm³/mol. The van der Waals surface area contributed by atoms with Crippen LogP contribution in [-0.2, 0) is 28.5 Å². The number of quaternary nitrogens is 1. The number of carbonyl (C=O) groups excluding carboxylic acids is 2. The maximum absolute atomic E-state index is 11.8. The van der Waals surface area contributed by atoms with E-state index in [-0.39, 0.29) is 17.4 Å². The standard InChI is InChI=1S/C45H48P2.C14H30NO2.C11H22O4.3F6P/c1(2-4-24-38-46(40-26-12-6-13-27-40,41-28-14-7-15-29-41)42-30-16-8-17-31-42)3-5-25-39-47(43-32-18-9-19-33-43,44-34-20-10-21-35-44)45-36-22-11-23-37-45;1-7-9-10-15(5,6)11-12-17-13(16)14(3,4)8-2;1-5-11(2,3)10(12)15-9-8-14-7-6-13-4;3*1-7(2,3,4,5)6/h6-23,26-37H,1-5,24-25,38-39H2;7-12H2,1-6H3;5-9H2,1-4H3;;;/q+2;+1;;3*-1. The smallest absolute Gasteiger partial charge is 0.0620 e. The summed E-state index contributed by atoms with van der Waals surface area (Å²) in [6, 6.07) is 68.0. The molecule has 6 aromatic rings. The average molecular weight is 1550 g/mol. The van der Waals surface area contributed by atoms with Crippen molar-refractivity contribution in [2.75, 3.05) is 79.7 Å². The van der Waals surface area contributed by atoms with Gasteiger partial charge in [0, 0.05) is 7.11 Å². The number of halogens is 18. The van der Waals surface area contributed by atoms with Gasteiger partial charge < -0.3 is 23.4 Å². The Labute approximate surface area is 579 Å². The van der Waals surface area contributed by atoms with Gasteiger partial charge in [0.1, 0.15) is 66.1 Å². The molecule has 6 aromatic carbocycles. The summed E-state index contributed by atoms with van der Waals surface area (Å²) in [7, 11) is -29.4. The molecular weight excluding hydrogens is 1450 g/mol. The quantitative estimate of drug-likeness (QED) is 0.0138. The molecule has 0 heterocycles. The molecule has 0 bridgehead atoms. The first-order chi connectivity index (χ1) is 45.5. The third-order valence-electron chi connectivity index (χ3n) is 15.5. The zero-order valence-corrected chi connectivity index (χ0v) is 62.9. The topological polar surface area (TPSA) is 71.1 Å². The van der Waals surface area contributed by atoms with Crippen molar-refractivity contribution >= 4 is 81.7 Å². The van der Waals surface area contributed by atoms with Crippen LogP contribution in [0.5, 0.6) is 0 Å². The van der Waals surface area contributed by atoms with E-state index in [2.05, 4.69) is 203 Å². The van der Waals surface area contributed by atoms with Crippen molar-refractivity contribution in [3.63, 3.8) is 0 Å². The van der Waals surface area contributed by atoms with Crippen molar-refractivity contribution in [3.05, 3.63) is 182 Å². The van der Waals surface area contributed by atoms with Crippen LogP contribution in [0.2, 0.25) is 0 Å². The zero-order valence-electron chi connectivity index (χ0n) is 58.4. The second kappa shape index (κ2) is 37.1. The van der Waals surface area contributed by atoms with Crippen molar-refractivity contribution in [1.29, 1.82) is 0 Å². The molecule has 0 spiro atoms. The summed E-state index contributed by atoms with van der Waals surface area (Å²) >= 11 is 0. The van der Waals surface area contributed by atoms with Gasteiger partial charge in [0.05, 0.1) is 63.6 Å². The summed E-state index contributed by atoms with van der Waals surface area (Å²) in [4.78, 5) is 23.2. The van der Waals surface area contributed by atoms with E-state index in [0.717, 1.165) is 30.4 Å². The number of esters is 2. The maximum Gasteiger partial charge on any atom is 0.112 e. The number of methoxy groups -OCH3 is 1. The molecule has 0 N–H and O–H groups in total. The predicted octanol–water partition coefficient (Wildman–Crippen LogP) is 24.3. The molecule has 0 fully saturated rings. The maximum atomic E-state index is 11.8. The van der Waals surface area contributed by atoms with Crippen LogP contribution in [0.15, 0.2) is 182 Å². The molecule has 0 unspecified atom stereocenters. The largest absolute Gasteiger partial charge is 0.112 e. The van der Waals surface area contributed by atoms with Gasteiger partial charge in [0.15, 0.2) is 0 Å². The second-order valence-corrected chi connectivity index (χ2v) is 38.5. The van der Waals surface area contributed by atoms with Gasteiger partial charge in [-0.15, -0.1) is 0 Å². The van der Waals surface area contributed by atoms with Crippen molar-refractivity contribution in [1.82, 2.24) is 0 Å². The number of ether oxygens (including phenoxy) is 4. The van der Waals surface area contributed by atoms with E-state index in [9.17, 15) is 85.1 Å². The van der Waals surface area contributed by atoms with Gasteiger partial charge in [-0.05, 0) is 145 Å². The molecule has 0 radical (unpaired) electrons. The van der Waals surface area contributed by atoms with E-state index in [0.29, 0.717) is 33.0 Å². The molecule has 6 rings (SSSR count). The fraction of sp³-hybridized carbons (Fsp3) is 0.457. The number of unbranched alkanes of at least 4 members (excludes halogenated alkanes) is 7. The summed E-state index contributed by atoms with van der Waals surface area (Å²) in [6.07, 6.45) is 15.5. The van der Waals surface area contributed by atoms with E-state index >= 15 is 0 Å². The first-order valence-electron chi connectivity index (χ1n) is 32.5. The minimum absolute atomic E-state index is 0.0736. The van der Waals surface area contributed by atoms with Crippen LogP contribution in [0, 0.1) is 10.8 Å². The molecular formula is C70H100F18NO6P5. The third kappa shape index (κ3) is 45.9. The van der Waals surface area contributed by atoms with Gasteiger partial charge >= 0.3 is 111 Å². The second-order valence-electron chi connectivity index (χ2n) is 25.5. The molecule has 30 heteroatoms. The monoisotopic (exact) mass is 1550 g/mol. The van der Waals surface area contributed by atoms with E-state index in [1.165, 1.54) is 102 Å². The van der Waals surface area contributed by atoms with Crippen LogP contribution in [0.4, 0.5) is 75.5 Å². The molecule has 0 aromatic heterocycles. The Bertz CT molecular complexity index is 2850. The van der Waals surface area contributed by atoms with Crippen molar-refractivity contribution < 1.29 is 109 Å². The van der Waals surface area contributed by atoms with Crippen molar-refractivity contribution in [3.8, 4) is 0 Å². The van der Waals surface area contributed by atoms with Crippen LogP contribution in [0.25, 0.3) is 0 Å². The number of likely N-dealkylation sites (N-methyl/N-ethyl adjacent to an activating group) is 1. The average Bonchev–Trinajstić information content (AvgIpc) is 0.645. The van der Waals surface area contributed by atoms with Gasteiger partial charge in [-0.1, -0.05) is 156 Å². The Morgan fingerprint density at radius 3 is 0.810 bits per heavy atom. The number of nitrogens with zero attached hydrogens (tertiary/aromatic N) is 1. The number of hydrogen-bond acceptors (Lipinski definition) is 6. The first kappa shape index (κ1) is 93.0. The van der Waals surface area contributed by atoms with E-state index in [1.807, 2.05) is 41.5 Å². The molecule has 100 heavy (non-hydrogen) atoms. The van der Waals surface area contributed by atoms with E-state index in [4.69, 9.17) is 18.9 Å². The summed E-state index contributed by atoms with van der Waals surface area (Å²) in [5, 5.41) is 9.00. The minimum atomic E-state index is -10.7. The molecule has 0 saturated heterocycles. The van der Waals surface area contributed by atoms with Crippen LogP contribution in [0.1, 0.15) is 119 Å². The minimum Gasteiger partial charge on any atom is -0.0620 e. The molecule has 7 nitrogen and oxygen atoms in total. The van der Waals surface area contributed by atoms with Crippen molar-refractivity contribution in [2.45, 2.75) is 119 Å². The molecule has 0 aliphatic heterocycles. The summed E-state index contributed by atoms with van der Waals surface area (Å²) < 4.78 is 199. The summed E-state index contributed by atoms with van der Waals surface area (Å²) in [5.74, 6) is -0.240. The summed E-state index contributed by atoms with van der Waals surface area (Å²) in [5.41, 5.74) is -0.743. The molecule has 0 atom stereocenters. The zero-order chi connectivity index (χ0) is 76.5. The van der Waals surface area contributed by atoms with Gasteiger partial charge in [-0.2, -0.15) is 0 Å². The van der Waals surface area contributed by atoms with Crippen LogP contribution >= 0.6 is 38.0 Å². The fourth-order valence-electron chi connectivity index (χ4n) is 9.55. The van der Waals surface area contributed by atoms with Gasteiger partial charge in [0.25, 0.3) is 0 Å². The Balaban J connectivity index is 0.000000766. The Hall–Kier alpha value is -4.97. The molecule has 0 aliphatic carbocycles. The van der Waals surface area contributed by atoms with E-state index in [1.54, 1.807) is 7.11 Å². The number of benzene rings is 6.